The van der Waals surface area contributed by atoms with Gasteiger partial charge in [-0.15, -0.1) is 11.8 Å². The van der Waals surface area contributed by atoms with Crippen molar-refractivity contribution in [1.82, 2.24) is 0 Å². The lowest BCUT2D eigenvalue weighted by Gasteiger charge is -2.21. The van der Waals surface area contributed by atoms with Crippen LogP contribution in [-0.2, 0) is 4.79 Å². The highest BCUT2D eigenvalue weighted by molar-refractivity contribution is 9.10. The maximum absolute atomic E-state index is 12.1. The molecule has 1 fully saturated rings. The average molecular weight is 300 g/mol. The molecular weight excluding hydrogens is 286 g/mol. The second-order valence-electron chi connectivity index (χ2n) is 4.12. The van der Waals surface area contributed by atoms with Crippen molar-refractivity contribution in [2.45, 2.75) is 24.5 Å². The molecule has 1 aliphatic heterocycles. The van der Waals surface area contributed by atoms with Gasteiger partial charge in [0.2, 0.25) is 5.91 Å². The fourth-order valence-electron chi connectivity index (χ4n) is 1.78. The molecular formula is C12H14BrNOS. The largest absolute Gasteiger partial charge is 0.324 e. The summed E-state index contributed by atoms with van der Waals surface area (Å²) in [6, 6.07) is 7.70. The molecule has 1 amide bonds. The summed E-state index contributed by atoms with van der Waals surface area (Å²) < 4.78 is 0.671. The van der Waals surface area contributed by atoms with Gasteiger partial charge in [-0.05, 0) is 53.6 Å². The van der Waals surface area contributed by atoms with Gasteiger partial charge in [0.25, 0.3) is 0 Å². The zero-order valence-electron chi connectivity index (χ0n) is 9.13. The van der Waals surface area contributed by atoms with Gasteiger partial charge in [-0.25, -0.2) is 0 Å². The number of hydrogen-bond acceptors (Lipinski definition) is 2. The molecule has 0 aliphatic carbocycles. The summed E-state index contributed by atoms with van der Waals surface area (Å²) in [6.45, 7) is 2.02. The fourth-order valence-corrected chi connectivity index (χ4v) is 3.37. The third-order valence-electron chi connectivity index (χ3n) is 2.82. The van der Waals surface area contributed by atoms with Crippen molar-refractivity contribution in [3.05, 3.63) is 28.7 Å². The lowest BCUT2D eigenvalue weighted by atomic mass is 10.0. The van der Waals surface area contributed by atoms with Crippen molar-refractivity contribution in [2.75, 3.05) is 11.1 Å². The molecule has 16 heavy (non-hydrogen) atoms. The van der Waals surface area contributed by atoms with E-state index in [-0.39, 0.29) is 10.7 Å². The Bertz CT molecular complexity index is 402. The van der Waals surface area contributed by atoms with E-state index in [1.165, 1.54) is 0 Å². The zero-order valence-corrected chi connectivity index (χ0v) is 11.5. The van der Waals surface area contributed by atoms with Crippen LogP contribution in [0, 0.1) is 0 Å². The fraction of sp³-hybridized carbons (Fsp3) is 0.417. The van der Waals surface area contributed by atoms with Crippen LogP contribution >= 0.6 is 27.7 Å². The normalized spacial score (nSPS) is 24.4. The highest BCUT2D eigenvalue weighted by Crippen LogP contribution is 2.39. The Hall–Kier alpha value is -0.480. The average Bonchev–Trinajstić information content (AvgIpc) is 2.70. The van der Waals surface area contributed by atoms with Gasteiger partial charge in [-0.1, -0.05) is 12.1 Å². The number of rotatable bonds is 2. The Kier molecular flexibility index (Phi) is 3.60. The summed E-state index contributed by atoms with van der Waals surface area (Å²) in [4.78, 5) is 12.1. The molecule has 1 atom stereocenters. The molecule has 1 aromatic rings. The Morgan fingerprint density at radius 2 is 2.25 bits per heavy atom. The Balaban J connectivity index is 2.10. The number of halogens is 1. The van der Waals surface area contributed by atoms with E-state index < -0.39 is 0 Å². The molecule has 0 radical (unpaired) electrons. The van der Waals surface area contributed by atoms with Gasteiger partial charge in [-0.3, -0.25) is 4.79 Å². The predicted molar refractivity (Wildman–Crippen MR) is 72.9 cm³/mol. The van der Waals surface area contributed by atoms with E-state index in [1.807, 2.05) is 31.2 Å². The van der Waals surface area contributed by atoms with E-state index >= 15 is 0 Å². The van der Waals surface area contributed by atoms with E-state index in [0.29, 0.717) is 0 Å². The molecule has 2 rings (SSSR count). The Morgan fingerprint density at radius 1 is 1.50 bits per heavy atom. The lowest BCUT2D eigenvalue weighted by molar-refractivity contribution is -0.118. The minimum Gasteiger partial charge on any atom is -0.324 e. The Morgan fingerprint density at radius 3 is 2.88 bits per heavy atom. The summed E-state index contributed by atoms with van der Waals surface area (Å²) in [7, 11) is 0. The van der Waals surface area contributed by atoms with Gasteiger partial charge in [0.1, 0.15) is 0 Å². The summed E-state index contributed by atoms with van der Waals surface area (Å²) in [5.41, 5.74) is 0.848. The third kappa shape index (κ3) is 2.43. The molecule has 1 aliphatic rings. The Labute approximate surface area is 108 Å². The first-order valence-corrected chi connectivity index (χ1v) is 7.10. The number of thioether (sulfide) groups is 1. The van der Waals surface area contributed by atoms with Gasteiger partial charge in [0, 0.05) is 4.47 Å². The smallest absolute Gasteiger partial charge is 0.240 e. The highest BCUT2D eigenvalue weighted by Gasteiger charge is 2.37. The van der Waals surface area contributed by atoms with Crippen LogP contribution in [0.4, 0.5) is 5.69 Å². The van der Waals surface area contributed by atoms with Crippen LogP contribution in [0.2, 0.25) is 0 Å². The number of carbonyl (C=O) groups excluding carboxylic acids is 1. The van der Waals surface area contributed by atoms with Crippen molar-refractivity contribution < 1.29 is 4.79 Å². The molecule has 1 unspecified atom stereocenters. The van der Waals surface area contributed by atoms with Crippen LogP contribution in [0.5, 0.6) is 0 Å². The zero-order chi connectivity index (χ0) is 11.6. The molecule has 1 N–H and O–H groups in total. The molecule has 0 saturated carbocycles. The first kappa shape index (κ1) is 12.0. The van der Waals surface area contributed by atoms with E-state index in [2.05, 4.69) is 21.2 Å². The van der Waals surface area contributed by atoms with Crippen molar-refractivity contribution in [3.63, 3.8) is 0 Å². The van der Waals surface area contributed by atoms with Crippen LogP contribution in [0.15, 0.2) is 28.7 Å². The number of benzene rings is 1. The number of amides is 1. The molecule has 2 nitrogen and oxygen atoms in total. The summed E-state index contributed by atoms with van der Waals surface area (Å²) in [6.07, 6.45) is 2.10. The summed E-state index contributed by atoms with van der Waals surface area (Å²) in [5, 5.41) is 2.99. The van der Waals surface area contributed by atoms with Crippen LogP contribution in [0.1, 0.15) is 19.8 Å². The molecule has 1 heterocycles. The van der Waals surface area contributed by atoms with Crippen molar-refractivity contribution in [2.24, 2.45) is 0 Å². The second kappa shape index (κ2) is 4.80. The number of nitrogens with one attached hydrogen (secondary N) is 1. The van der Waals surface area contributed by atoms with Gasteiger partial charge in [0.15, 0.2) is 0 Å². The minimum atomic E-state index is -0.255. The lowest BCUT2D eigenvalue weighted by Crippen LogP contribution is -2.34. The van der Waals surface area contributed by atoms with Crippen molar-refractivity contribution in [3.8, 4) is 0 Å². The van der Waals surface area contributed by atoms with Gasteiger partial charge in [-0.2, -0.15) is 0 Å². The topological polar surface area (TPSA) is 29.1 Å². The standard InChI is InChI=1S/C12H14BrNOS/c1-12(7-4-8-16-12)11(15)14-10-6-3-2-5-9(10)13/h2-3,5-6H,4,7-8H2,1H3,(H,14,15). The van der Waals surface area contributed by atoms with E-state index in [9.17, 15) is 4.79 Å². The quantitative estimate of drug-likeness (QED) is 0.903. The van der Waals surface area contributed by atoms with Crippen molar-refractivity contribution in [1.29, 1.82) is 0 Å². The van der Waals surface area contributed by atoms with Crippen LogP contribution in [0.25, 0.3) is 0 Å². The van der Waals surface area contributed by atoms with E-state index in [4.69, 9.17) is 0 Å². The number of anilines is 1. The van der Waals surface area contributed by atoms with E-state index in [0.717, 1.165) is 28.8 Å². The highest BCUT2D eigenvalue weighted by atomic mass is 79.9. The first-order chi connectivity index (χ1) is 7.62. The SMILES string of the molecule is CC1(C(=O)Nc2ccccc2Br)CCCS1. The monoisotopic (exact) mass is 299 g/mol. The minimum absolute atomic E-state index is 0.113. The maximum Gasteiger partial charge on any atom is 0.240 e. The first-order valence-electron chi connectivity index (χ1n) is 5.32. The van der Waals surface area contributed by atoms with Gasteiger partial charge in [0.05, 0.1) is 10.4 Å². The molecule has 1 aromatic carbocycles. The number of hydrogen-bond donors (Lipinski definition) is 1. The second-order valence-corrected chi connectivity index (χ2v) is 6.57. The predicted octanol–water partition coefficient (Wildman–Crippen LogP) is 3.67. The number of carbonyl (C=O) groups is 1. The number of para-hydroxylation sites is 1. The van der Waals surface area contributed by atoms with Crippen molar-refractivity contribution >= 4 is 39.3 Å². The summed E-state index contributed by atoms with van der Waals surface area (Å²) >= 11 is 5.18. The molecule has 0 bridgehead atoms. The molecule has 1 saturated heterocycles. The third-order valence-corrected chi connectivity index (χ3v) is 5.03. The molecule has 86 valence electrons. The van der Waals surface area contributed by atoms with Crippen LogP contribution in [0.3, 0.4) is 0 Å². The van der Waals surface area contributed by atoms with Crippen LogP contribution in [-0.4, -0.2) is 16.4 Å². The molecule has 0 spiro atoms. The molecule has 4 heteroatoms. The van der Waals surface area contributed by atoms with Crippen LogP contribution < -0.4 is 5.32 Å². The maximum atomic E-state index is 12.1. The summed E-state index contributed by atoms with van der Waals surface area (Å²) in [5.74, 6) is 1.20. The van der Waals surface area contributed by atoms with Gasteiger partial charge < -0.3 is 5.32 Å². The molecule has 0 aromatic heterocycles. The van der Waals surface area contributed by atoms with E-state index in [1.54, 1.807) is 11.8 Å². The van der Waals surface area contributed by atoms with Gasteiger partial charge >= 0.3 is 0 Å².